The van der Waals surface area contributed by atoms with Gasteiger partial charge in [-0.05, 0) is 45.3 Å². The second-order valence-electron chi connectivity index (χ2n) is 3.01. The third-order valence-electron chi connectivity index (χ3n) is 1.81. The van der Waals surface area contributed by atoms with E-state index in [0.29, 0.717) is 5.69 Å². The summed E-state index contributed by atoms with van der Waals surface area (Å²) >= 11 is 5.60. The van der Waals surface area contributed by atoms with Crippen LogP contribution in [0.5, 0.6) is 0 Å². The fourth-order valence-electron chi connectivity index (χ4n) is 1.02. The Kier molecular flexibility index (Phi) is 6.16. The molecule has 1 heterocycles. The normalized spacial score (nSPS) is 10.0. The van der Waals surface area contributed by atoms with Gasteiger partial charge in [-0.15, -0.1) is 0 Å². The van der Waals surface area contributed by atoms with Crippen LogP contribution in [0.2, 0.25) is 0 Å². The number of alkyl halides is 1. The topological polar surface area (TPSA) is 42.0 Å². The highest BCUT2D eigenvalue weighted by atomic mass is 127. The summed E-state index contributed by atoms with van der Waals surface area (Å²) < 4.78 is 2.01. The van der Waals surface area contributed by atoms with E-state index in [4.69, 9.17) is 0 Å². The van der Waals surface area contributed by atoms with Crippen molar-refractivity contribution in [2.45, 2.75) is 12.8 Å². The number of aromatic nitrogens is 1. The molecule has 3 nitrogen and oxygen atoms in total. The predicted molar refractivity (Wildman–Crippen MR) is 72.4 cm³/mol. The molecule has 15 heavy (non-hydrogen) atoms. The number of nitrogens with one attached hydrogen (secondary N) is 1. The van der Waals surface area contributed by atoms with Crippen LogP contribution in [0.25, 0.3) is 0 Å². The van der Waals surface area contributed by atoms with Crippen molar-refractivity contribution >= 4 is 44.4 Å². The molecule has 0 radical (unpaired) electrons. The van der Waals surface area contributed by atoms with E-state index < -0.39 is 0 Å². The summed E-state index contributed by atoms with van der Waals surface area (Å²) in [5, 5.41) is 2.83. The van der Waals surface area contributed by atoms with E-state index in [1.807, 2.05) is 6.07 Å². The summed E-state index contributed by atoms with van der Waals surface area (Å²) in [4.78, 5) is 15.5. The lowest BCUT2D eigenvalue weighted by atomic mass is 10.3. The standard InChI is InChI=1S/C10H12BrIN2O/c11-8-3-4-9(14-7-8)10(15)13-6-2-1-5-12/h3-4,7H,1-2,5-6H2,(H,13,15). The van der Waals surface area contributed by atoms with E-state index in [2.05, 4.69) is 48.8 Å². The molecule has 0 bridgehead atoms. The number of nitrogens with zero attached hydrogens (tertiary/aromatic N) is 1. The van der Waals surface area contributed by atoms with E-state index in [1.165, 1.54) is 0 Å². The van der Waals surface area contributed by atoms with Gasteiger partial charge in [0.15, 0.2) is 0 Å². The lowest BCUT2D eigenvalue weighted by Crippen LogP contribution is -2.25. The van der Waals surface area contributed by atoms with E-state index in [-0.39, 0.29) is 5.91 Å². The highest BCUT2D eigenvalue weighted by Crippen LogP contribution is 2.07. The molecule has 0 atom stereocenters. The molecular formula is C10H12BrIN2O. The highest BCUT2D eigenvalue weighted by Gasteiger charge is 2.04. The smallest absolute Gasteiger partial charge is 0.269 e. The first kappa shape index (κ1) is 12.9. The average Bonchev–Trinajstić information content (AvgIpc) is 2.25. The molecule has 0 aliphatic rings. The summed E-state index contributed by atoms with van der Waals surface area (Å²) in [6.45, 7) is 0.722. The van der Waals surface area contributed by atoms with Crippen LogP contribution < -0.4 is 5.32 Å². The number of halogens is 2. The Morgan fingerprint density at radius 3 is 2.87 bits per heavy atom. The minimum atomic E-state index is -0.101. The summed E-state index contributed by atoms with van der Waals surface area (Å²) in [5.41, 5.74) is 0.465. The van der Waals surface area contributed by atoms with Crippen molar-refractivity contribution in [3.63, 3.8) is 0 Å². The van der Waals surface area contributed by atoms with Gasteiger partial charge < -0.3 is 5.32 Å². The van der Waals surface area contributed by atoms with Crippen molar-refractivity contribution in [2.75, 3.05) is 11.0 Å². The molecule has 0 saturated carbocycles. The molecule has 1 amide bonds. The van der Waals surface area contributed by atoms with Gasteiger partial charge in [0.05, 0.1) is 0 Å². The highest BCUT2D eigenvalue weighted by molar-refractivity contribution is 14.1. The van der Waals surface area contributed by atoms with Crippen LogP contribution in [0.15, 0.2) is 22.8 Å². The SMILES string of the molecule is O=C(NCCCCI)c1ccc(Br)cn1. The monoisotopic (exact) mass is 382 g/mol. The molecule has 0 aliphatic heterocycles. The van der Waals surface area contributed by atoms with Crippen molar-refractivity contribution in [3.05, 3.63) is 28.5 Å². The van der Waals surface area contributed by atoms with Gasteiger partial charge in [0.25, 0.3) is 5.91 Å². The molecule has 1 N–H and O–H groups in total. The number of carbonyl (C=O) groups excluding carboxylic acids is 1. The maximum Gasteiger partial charge on any atom is 0.269 e. The van der Waals surface area contributed by atoms with Crippen LogP contribution >= 0.6 is 38.5 Å². The Hall–Kier alpha value is -0.170. The molecule has 0 aliphatic carbocycles. The Labute approximate surface area is 111 Å². The maximum atomic E-state index is 11.5. The van der Waals surface area contributed by atoms with Crippen molar-refractivity contribution in [1.82, 2.24) is 10.3 Å². The Morgan fingerprint density at radius 1 is 1.47 bits per heavy atom. The Morgan fingerprint density at radius 2 is 2.27 bits per heavy atom. The van der Waals surface area contributed by atoms with Gasteiger partial charge in [0.2, 0.25) is 0 Å². The summed E-state index contributed by atoms with van der Waals surface area (Å²) in [6, 6.07) is 3.52. The fourth-order valence-corrected chi connectivity index (χ4v) is 1.80. The molecule has 5 heteroatoms. The van der Waals surface area contributed by atoms with Crippen LogP contribution in [-0.4, -0.2) is 21.9 Å². The van der Waals surface area contributed by atoms with E-state index in [9.17, 15) is 4.79 Å². The lowest BCUT2D eigenvalue weighted by molar-refractivity contribution is 0.0948. The molecule has 82 valence electrons. The predicted octanol–water partition coefficient (Wildman–Crippen LogP) is 2.79. The van der Waals surface area contributed by atoms with Gasteiger partial charge in [-0.3, -0.25) is 4.79 Å². The van der Waals surface area contributed by atoms with Crippen LogP contribution in [0, 0.1) is 0 Å². The van der Waals surface area contributed by atoms with Gasteiger partial charge in [-0.1, -0.05) is 22.6 Å². The number of hydrogen-bond acceptors (Lipinski definition) is 2. The number of pyridine rings is 1. The van der Waals surface area contributed by atoms with Crippen molar-refractivity contribution < 1.29 is 4.79 Å². The van der Waals surface area contributed by atoms with Gasteiger partial charge in [-0.2, -0.15) is 0 Å². The quantitative estimate of drug-likeness (QED) is 0.483. The minimum absolute atomic E-state index is 0.101. The third-order valence-corrected chi connectivity index (χ3v) is 3.04. The van der Waals surface area contributed by atoms with Crippen LogP contribution in [-0.2, 0) is 0 Å². The number of unbranched alkanes of at least 4 members (excludes halogenated alkanes) is 1. The van der Waals surface area contributed by atoms with Crippen molar-refractivity contribution in [1.29, 1.82) is 0 Å². The van der Waals surface area contributed by atoms with Gasteiger partial charge in [0.1, 0.15) is 5.69 Å². The van der Waals surface area contributed by atoms with Gasteiger partial charge in [0, 0.05) is 17.2 Å². The summed E-state index contributed by atoms with van der Waals surface area (Å²) in [5.74, 6) is -0.101. The Balaban J connectivity index is 2.37. The second-order valence-corrected chi connectivity index (χ2v) is 5.01. The van der Waals surface area contributed by atoms with E-state index in [1.54, 1.807) is 12.3 Å². The average molecular weight is 383 g/mol. The second kappa shape index (κ2) is 7.16. The molecule has 1 aromatic rings. The summed E-state index contributed by atoms with van der Waals surface area (Å²) in [6.07, 6.45) is 3.78. The fraction of sp³-hybridized carbons (Fsp3) is 0.400. The lowest BCUT2D eigenvalue weighted by Gasteiger charge is -2.03. The Bertz CT molecular complexity index is 316. The van der Waals surface area contributed by atoms with Crippen molar-refractivity contribution in [2.24, 2.45) is 0 Å². The molecule has 0 fully saturated rings. The first-order valence-electron chi connectivity index (χ1n) is 4.70. The van der Waals surface area contributed by atoms with Gasteiger partial charge in [-0.25, -0.2) is 4.98 Å². The van der Waals surface area contributed by atoms with Crippen LogP contribution in [0.1, 0.15) is 23.3 Å². The number of amides is 1. The summed E-state index contributed by atoms with van der Waals surface area (Å²) in [7, 11) is 0. The molecule has 1 rings (SSSR count). The largest absolute Gasteiger partial charge is 0.351 e. The third kappa shape index (κ3) is 4.92. The molecule has 0 aromatic carbocycles. The zero-order valence-corrected chi connectivity index (χ0v) is 11.9. The molecule has 1 aromatic heterocycles. The zero-order valence-electron chi connectivity index (χ0n) is 8.17. The van der Waals surface area contributed by atoms with E-state index in [0.717, 1.165) is 28.3 Å². The molecule has 0 unspecified atom stereocenters. The first-order valence-corrected chi connectivity index (χ1v) is 7.01. The van der Waals surface area contributed by atoms with Crippen LogP contribution in [0.4, 0.5) is 0 Å². The minimum Gasteiger partial charge on any atom is -0.351 e. The number of rotatable bonds is 5. The zero-order chi connectivity index (χ0) is 11.1. The molecule has 0 spiro atoms. The van der Waals surface area contributed by atoms with Crippen molar-refractivity contribution in [3.8, 4) is 0 Å². The van der Waals surface area contributed by atoms with Gasteiger partial charge >= 0.3 is 0 Å². The molecular weight excluding hydrogens is 371 g/mol. The molecule has 0 saturated heterocycles. The van der Waals surface area contributed by atoms with E-state index >= 15 is 0 Å². The number of carbonyl (C=O) groups is 1. The maximum absolute atomic E-state index is 11.5. The van der Waals surface area contributed by atoms with Crippen LogP contribution in [0.3, 0.4) is 0 Å². The number of hydrogen-bond donors (Lipinski definition) is 1. The first-order chi connectivity index (χ1) is 7.24.